The first-order valence-electron chi connectivity index (χ1n) is 11.6. The van der Waals surface area contributed by atoms with E-state index in [-0.39, 0.29) is 22.8 Å². The van der Waals surface area contributed by atoms with Crippen molar-refractivity contribution in [3.63, 3.8) is 0 Å². The van der Waals surface area contributed by atoms with Crippen molar-refractivity contribution < 1.29 is 13.2 Å². The largest absolute Gasteiger partial charge is 0.365 e. The second-order valence-corrected chi connectivity index (χ2v) is 12.3. The minimum atomic E-state index is -3.87. The summed E-state index contributed by atoms with van der Waals surface area (Å²) < 4.78 is 29.9. The Kier molecular flexibility index (Phi) is 6.98. The highest BCUT2D eigenvalue weighted by Crippen LogP contribution is 2.26. The quantitative estimate of drug-likeness (QED) is 0.554. The third-order valence-corrected chi connectivity index (χ3v) is 8.67. The monoisotopic (exact) mass is 500 g/mol. The Hall–Kier alpha value is -2.49. The average molecular weight is 501 g/mol. The molecule has 2 aromatic carbocycles. The molecule has 182 valence electrons. The normalized spacial score (nSPS) is 18.0. The van der Waals surface area contributed by atoms with Crippen LogP contribution in [-0.4, -0.2) is 55.9 Å². The molecule has 1 aliphatic heterocycles. The maximum Gasteiger partial charge on any atom is 0.241 e. The smallest absolute Gasteiger partial charge is 0.241 e. The Labute approximate surface area is 205 Å². The molecule has 0 spiro atoms. The average Bonchev–Trinajstić information content (AvgIpc) is 3.17. The number of hydrogen-bond acceptors (Lipinski definition) is 6. The second kappa shape index (κ2) is 9.64. The summed E-state index contributed by atoms with van der Waals surface area (Å²) in [5.41, 5.74) is 3.13. The summed E-state index contributed by atoms with van der Waals surface area (Å²) in [4.78, 5) is 22.1. The van der Waals surface area contributed by atoms with Gasteiger partial charge in [0.2, 0.25) is 15.9 Å². The van der Waals surface area contributed by atoms with Crippen molar-refractivity contribution in [3.8, 4) is 0 Å². The molecule has 9 heteroatoms. The number of hydrogen-bond donors (Lipinski definition) is 1. The zero-order valence-electron chi connectivity index (χ0n) is 20.3. The number of nitrogens with zero attached hydrogens (tertiary/aromatic N) is 3. The predicted molar refractivity (Wildman–Crippen MR) is 138 cm³/mol. The summed E-state index contributed by atoms with van der Waals surface area (Å²) in [6, 6.07) is 12.6. The second-order valence-electron chi connectivity index (χ2n) is 9.37. The molecular weight excluding hydrogens is 468 g/mol. The van der Waals surface area contributed by atoms with E-state index in [1.807, 2.05) is 20.8 Å². The third-order valence-electron chi connectivity index (χ3n) is 6.30. The molecule has 1 aromatic heterocycles. The summed E-state index contributed by atoms with van der Waals surface area (Å²) in [5.74, 6) is -0.370. The van der Waals surface area contributed by atoms with E-state index in [0.717, 1.165) is 20.9 Å². The number of benzene rings is 2. The first-order valence-corrected chi connectivity index (χ1v) is 13.9. The predicted octanol–water partition coefficient (Wildman–Crippen LogP) is 3.95. The van der Waals surface area contributed by atoms with Gasteiger partial charge in [-0.1, -0.05) is 31.5 Å². The van der Waals surface area contributed by atoms with Crippen LogP contribution in [0.15, 0.2) is 47.4 Å². The molecule has 7 nitrogen and oxygen atoms in total. The van der Waals surface area contributed by atoms with Gasteiger partial charge in [0.1, 0.15) is 6.04 Å². The van der Waals surface area contributed by atoms with Crippen LogP contribution in [0.3, 0.4) is 0 Å². The van der Waals surface area contributed by atoms with Gasteiger partial charge in [-0.3, -0.25) is 4.79 Å². The molecule has 2 heterocycles. The number of thiazole rings is 1. The Balaban J connectivity index is 1.49. The molecule has 2 atom stereocenters. The van der Waals surface area contributed by atoms with Gasteiger partial charge in [-0.05, 0) is 57.0 Å². The summed E-state index contributed by atoms with van der Waals surface area (Å²) in [5, 5.41) is 0.881. The molecule has 0 saturated carbocycles. The molecule has 1 saturated heterocycles. The van der Waals surface area contributed by atoms with Crippen LogP contribution in [0.5, 0.6) is 0 Å². The van der Waals surface area contributed by atoms with Crippen molar-refractivity contribution in [2.24, 2.45) is 5.92 Å². The number of nitrogens with one attached hydrogen (secondary N) is 1. The lowest BCUT2D eigenvalue weighted by Gasteiger charge is -2.42. The van der Waals surface area contributed by atoms with Crippen LogP contribution >= 0.6 is 11.3 Å². The van der Waals surface area contributed by atoms with Gasteiger partial charge in [-0.15, -0.1) is 11.3 Å². The van der Waals surface area contributed by atoms with Crippen molar-refractivity contribution in [1.29, 1.82) is 0 Å². The minimum absolute atomic E-state index is 0.127. The molecule has 3 aromatic rings. The number of rotatable bonds is 6. The lowest BCUT2D eigenvalue weighted by Crippen LogP contribution is -2.59. The maximum absolute atomic E-state index is 13.5. The van der Waals surface area contributed by atoms with E-state index in [1.165, 1.54) is 16.9 Å². The number of fused-ring (bicyclic) bond motifs is 1. The van der Waals surface area contributed by atoms with Crippen molar-refractivity contribution in [2.45, 2.75) is 51.6 Å². The van der Waals surface area contributed by atoms with Crippen molar-refractivity contribution in [3.05, 3.63) is 53.0 Å². The van der Waals surface area contributed by atoms with Crippen molar-refractivity contribution in [1.82, 2.24) is 14.6 Å². The fourth-order valence-corrected chi connectivity index (χ4v) is 6.67. The molecule has 1 amide bonds. The summed E-state index contributed by atoms with van der Waals surface area (Å²) in [6.07, 6.45) is 0. The number of piperazine rings is 1. The molecule has 1 aliphatic rings. The number of amides is 1. The molecule has 4 rings (SSSR count). The highest BCUT2D eigenvalue weighted by Gasteiger charge is 2.35. The SMILES string of the molecule is Cc1ccc(N2CCN(C(=O)[C@H](NS(=O)(=O)c3ccc4nc(C)sc4c3)C(C)C)C[C@@H]2C)cc1. The Bertz CT molecular complexity index is 1290. The van der Waals surface area contributed by atoms with Gasteiger partial charge in [-0.25, -0.2) is 13.4 Å². The Morgan fingerprint density at radius 3 is 2.47 bits per heavy atom. The maximum atomic E-state index is 13.5. The van der Waals surface area contributed by atoms with Crippen LogP contribution in [0, 0.1) is 19.8 Å². The Morgan fingerprint density at radius 1 is 1.12 bits per heavy atom. The number of carbonyl (C=O) groups is 1. The van der Waals surface area contributed by atoms with E-state index >= 15 is 0 Å². The number of anilines is 1. The van der Waals surface area contributed by atoms with E-state index < -0.39 is 16.1 Å². The van der Waals surface area contributed by atoms with Crippen molar-refractivity contribution >= 4 is 43.2 Å². The zero-order valence-corrected chi connectivity index (χ0v) is 21.9. The highest BCUT2D eigenvalue weighted by molar-refractivity contribution is 7.89. The molecule has 1 N–H and O–H groups in total. The summed E-state index contributed by atoms with van der Waals surface area (Å²) in [6.45, 7) is 11.6. The fraction of sp³-hybridized carbons (Fsp3) is 0.440. The van der Waals surface area contributed by atoms with Crippen LogP contribution < -0.4 is 9.62 Å². The summed E-state index contributed by atoms with van der Waals surface area (Å²) in [7, 11) is -3.87. The van der Waals surface area contributed by atoms with E-state index in [2.05, 4.69) is 52.7 Å². The van der Waals surface area contributed by atoms with E-state index in [1.54, 1.807) is 23.1 Å². The van der Waals surface area contributed by atoms with Gasteiger partial charge in [0.25, 0.3) is 0 Å². The standard InChI is InChI=1S/C25H32N4O3S2/c1-16(2)24(27-34(31,32)21-10-11-22-23(14-21)33-19(5)26-22)25(30)28-12-13-29(18(4)15-28)20-8-6-17(3)7-9-20/h6-11,14,16,18,24,27H,12-13,15H2,1-5H3/t18-,24+/m0/s1. The topological polar surface area (TPSA) is 82.6 Å². The van der Waals surface area contributed by atoms with Gasteiger partial charge < -0.3 is 9.80 Å². The number of aryl methyl sites for hydroxylation is 2. The highest BCUT2D eigenvalue weighted by atomic mass is 32.2. The molecular formula is C25H32N4O3S2. The van der Waals surface area contributed by atoms with Crippen LogP contribution in [0.25, 0.3) is 10.2 Å². The Morgan fingerprint density at radius 2 is 1.82 bits per heavy atom. The number of sulfonamides is 1. The van der Waals surface area contributed by atoms with Gasteiger partial charge in [-0.2, -0.15) is 4.72 Å². The van der Waals surface area contributed by atoms with E-state index in [0.29, 0.717) is 19.6 Å². The van der Waals surface area contributed by atoms with Crippen LogP contribution in [0.2, 0.25) is 0 Å². The third kappa shape index (κ3) is 5.11. The fourth-order valence-electron chi connectivity index (χ4n) is 4.37. The van der Waals surface area contributed by atoms with Crippen LogP contribution in [0.1, 0.15) is 31.3 Å². The van der Waals surface area contributed by atoms with Crippen molar-refractivity contribution in [2.75, 3.05) is 24.5 Å². The first-order chi connectivity index (χ1) is 16.0. The minimum Gasteiger partial charge on any atom is -0.365 e. The molecule has 0 radical (unpaired) electrons. The van der Waals surface area contributed by atoms with Crippen LogP contribution in [-0.2, 0) is 14.8 Å². The molecule has 0 aliphatic carbocycles. The lowest BCUT2D eigenvalue weighted by atomic mass is 10.0. The zero-order chi connectivity index (χ0) is 24.6. The number of carbonyl (C=O) groups excluding carboxylic acids is 1. The first kappa shape index (κ1) is 24.6. The summed E-state index contributed by atoms with van der Waals surface area (Å²) >= 11 is 1.45. The van der Waals surface area contributed by atoms with E-state index in [4.69, 9.17) is 0 Å². The number of aromatic nitrogens is 1. The molecule has 0 bridgehead atoms. The van der Waals surface area contributed by atoms with E-state index in [9.17, 15) is 13.2 Å². The molecule has 0 unspecified atom stereocenters. The van der Waals surface area contributed by atoms with Gasteiger partial charge >= 0.3 is 0 Å². The van der Waals surface area contributed by atoms with Crippen LogP contribution in [0.4, 0.5) is 5.69 Å². The van der Waals surface area contributed by atoms with Gasteiger partial charge in [0, 0.05) is 31.4 Å². The molecule has 34 heavy (non-hydrogen) atoms. The molecule has 1 fully saturated rings. The lowest BCUT2D eigenvalue weighted by molar-refractivity contribution is -0.134. The van der Waals surface area contributed by atoms with Gasteiger partial charge in [0.05, 0.1) is 20.1 Å². The van der Waals surface area contributed by atoms with Gasteiger partial charge in [0.15, 0.2) is 0 Å².